The maximum absolute atomic E-state index is 12.5. The molecule has 1 atom stereocenters. The third kappa shape index (κ3) is 3.05. The molecule has 5 nitrogen and oxygen atoms in total. The molecule has 0 radical (unpaired) electrons. The van der Waals surface area contributed by atoms with Crippen LogP contribution in [-0.2, 0) is 17.8 Å². The van der Waals surface area contributed by atoms with Gasteiger partial charge in [0.15, 0.2) is 0 Å². The van der Waals surface area contributed by atoms with Crippen LogP contribution in [0.1, 0.15) is 69.3 Å². The van der Waals surface area contributed by atoms with E-state index < -0.39 is 0 Å². The molecule has 1 aliphatic carbocycles. The largest absolute Gasteiger partial charge is 0.352 e. The monoisotopic (exact) mass is 304 g/mol. The zero-order valence-corrected chi connectivity index (χ0v) is 14.0. The standard InChI is InChI=1S/C17H28N4O/c1-11(2)16-14-10-21(9-8-15(14)19-20-16)12(3)17(22)18-13-6-4-5-7-13/h11-13H,4-10H2,1-3H3,(H,18,22)(H,19,20). The first-order valence-corrected chi connectivity index (χ1v) is 8.66. The summed E-state index contributed by atoms with van der Waals surface area (Å²) in [6, 6.07) is 0.333. The average Bonchev–Trinajstić information content (AvgIpc) is 3.14. The number of aromatic nitrogens is 2. The number of carbonyl (C=O) groups is 1. The minimum atomic E-state index is -0.0661. The molecule has 0 spiro atoms. The van der Waals surface area contributed by atoms with E-state index in [1.54, 1.807) is 0 Å². The molecule has 3 rings (SSSR count). The van der Waals surface area contributed by atoms with E-state index in [4.69, 9.17) is 0 Å². The summed E-state index contributed by atoms with van der Waals surface area (Å²) in [5, 5.41) is 10.9. The van der Waals surface area contributed by atoms with Gasteiger partial charge in [0.1, 0.15) is 0 Å². The fraction of sp³-hybridized carbons (Fsp3) is 0.765. The molecule has 1 saturated carbocycles. The van der Waals surface area contributed by atoms with Gasteiger partial charge in [-0.2, -0.15) is 5.10 Å². The van der Waals surface area contributed by atoms with Crippen LogP contribution < -0.4 is 5.32 Å². The lowest BCUT2D eigenvalue weighted by Gasteiger charge is -2.32. The minimum absolute atomic E-state index is 0.0661. The summed E-state index contributed by atoms with van der Waals surface area (Å²) in [6.07, 6.45) is 5.73. The number of aromatic amines is 1. The zero-order valence-electron chi connectivity index (χ0n) is 14.0. The molecule has 1 aliphatic heterocycles. The molecule has 122 valence electrons. The highest BCUT2D eigenvalue weighted by atomic mass is 16.2. The Balaban J connectivity index is 1.65. The summed E-state index contributed by atoms with van der Waals surface area (Å²) in [5.41, 5.74) is 3.72. The van der Waals surface area contributed by atoms with Crippen LogP contribution in [0, 0.1) is 0 Å². The van der Waals surface area contributed by atoms with E-state index in [1.807, 2.05) is 6.92 Å². The van der Waals surface area contributed by atoms with Crippen molar-refractivity contribution in [2.75, 3.05) is 6.54 Å². The fourth-order valence-corrected chi connectivity index (χ4v) is 3.70. The number of hydrogen-bond donors (Lipinski definition) is 2. The maximum atomic E-state index is 12.5. The SMILES string of the molecule is CC(C)c1n[nH]c2c1CN(C(C)C(=O)NC1CCCC1)CC2. The lowest BCUT2D eigenvalue weighted by molar-refractivity contribution is -0.126. The highest BCUT2D eigenvalue weighted by molar-refractivity contribution is 5.81. The van der Waals surface area contributed by atoms with Gasteiger partial charge in [0.2, 0.25) is 5.91 Å². The van der Waals surface area contributed by atoms with Crippen molar-refractivity contribution in [1.29, 1.82) is 0 Å². The van der Waals surface area contributed by atoms with Crippen molar-refractivity contribution in [3.63, 3.8) is 0 Å². The van der Waals surface area contributed by atoms with E-state index in [1.165, 1.54) is 24.1 Å². The van der Waals surface area contributed by atoms with Gasteiger partial charge in [-0.1, -0.05) is 26.7 Å². The van der Waals surface area contributed by atoms with Crippen molar-refractivity contribution < 1.29 is 4.79 Å². The summed E-state index contributed by atoms with van der Waals surface area (Å²) >= 11 is 0. The van der Waals surface area contributed by atoms with Gasteiger partial charge < -0.3 is 5.32 Å². The number of carbonyl (C=O) groups excluding carboxylic acids is 1. The molecule has 1 unspecified atom stereocenters. The fourth-order valence-electron chi connectivity index (χ4n) is 3.70. The molecule has 2 N–H and O–H groups in total. The number of fused-ring (bicyclic) bond motifs is 1. The normalized spacial score (nSPS) is 21.1. The molecule has 2 aliphatic rings. The highest BCUT2D eigenvalue weighted by Crippen LogP contribution is 2.26. The molecule has 22 heavy (non-hydrogen) atoms. The quantitative estimate of drug-likeness (QED) is 0.897. The van der Waals surface area contributed by atoms with Crippen molar-refractivity contribution in [2.24, 2.45) is 0 Å². The van der Waals surface area contributed by atoms with Crippen LogP contribution in [0.4, 0.5) is 0 Å². The first-order chi connectivity index (χ1) is 10.6. The van der Waals surface area contributed by atoms with Gasteiger partial charge in [-0.25, -0.2) is 0 Å². The van der Waals surface area contributed by atoms with Crippen LogP contribution >= 0.6 is 0 Å². The van der Waals surface area contributed by atoms with E-state index >= 15 is 0 Å². The van der Waals surface area contributed by atoms with Crippen LogP contribution in [0.25, 0.3) is 0 Å². The average molecular weight is 304 g/mol. The second-order valence-electron chi connectivity index (χ2n) is 7.11. The van der Waals surface area contributed by atoms with Crippen molar-refractivity contribution in [1.82, 2.24) is 20.4 Å². The smallest absolute Gasteiger partial charge is 0.237 e. The number of H-pyrrole nitrogens is 1. The Hall–Kier alpha value is -1.36. The van der Waals surface area contributed by atoms with Crippen molar-refractivity contribution in [2.45, 2.75) is 77.4 Å². The van der Waals surface area contributed by atoms with Gasteiger partial charge in [-0.3, -0.25) is 14.8 Å². The van der Waals surface area contributed by atoms with E-state index in [-0.39, 0.29) is 11.9 Å². The van der Waals surface area contributed by atoms with E-state index in [0.29, 0.717) is 12.0 Å². The summed E-state index contributed by atoms with van der Waals surface area (Å²) in [5.74, 6) is 0.604. The lowest BCUT2D eigenvalue weighted by Crippen LogP contribution is -2.49. The molecule has 0 aromatic carbocycles. The van der Waals surface area contributed by atoms with E-state index in [2.05, 4.69) is 34.3 Å². The molecule has 2 heterocycles. The van der Waals surface area contributed by atoms with Crippen molar-refractivity contribution in [3.8, 4) is 0 Å². The summed E-state index contributed by atoms with van der Waals surface area (Å²) in [4.78, 5) is 14.8. The third-order valence-electron chi connectivity index (χ3n) is 5.17. The Bertz CT molecular complexity index is 531. The van der Waals surface area contributed by atoms with Gasteiger partial charge >= 0.3 is 0 Å². The maximum Gasteiger partial charge on any atom is 0.237 e. The number of amides is 1. The lowest BCUT2D eigenvalue weighted by atomic mass is 9.98. The van der Waals surface area contributed by atoms with Gasteiger partial charge in [-0.05, 0) is 25.7 Å². The Labute approximate surface area is 132 Å². The summed E-state index contributed by atoms with van der Waals surface area (Å²) < 4.78 is 0. The van der Waals surface area contributed by atoms with Crippen LogP contribution in [0.3, 0.4) is 0 Å². The number of hydrogen-bond acceptors (Lipinski definition) is 3. The molecule has 1 aromatic heterocycles. The number of nitrogens with zero attached hydrogens (tertiary/aromatic N) is 2. The molecule has 1 amide bonds. The van der Waals surface area contributed by atoms with Crippen LogP contribution in [0.5, 0.6) is 0 Å². The zero-order chi connectivity index (χ0) is 15.7. The summed E-state index contributed by atoms with van der Waals surface area (Å²) in [7, 11) is 0. The van der Waals surface area contributed by atoms with Gasteiger partial charge in [0.25, 0.3) is 0 Å². The Morgan fingerprint density at radius 1 is 1.32 bits per heavy atom. The van der Waals surface area contributed by atoms with Gasteiger partial charge in [0.05, 0.1) is 11.7 Å². The van der Waals surface area contributed by atoms with Crippen LogP contribution in [-0.4, -0.2) is 39.6 Å². The molecular formula is C17H28N4O. The van der Waals surface area contributed by atoms with E-state index in [9.17, 15) is 4.79 Å². The Morgan fingerprint density at radius 3 is 2.73 bits per heavy atom. The van der Waals surface area contributed by atoms with Crippen molar-refractivity contribution >= 4 is 5.91 Å². The molecule has 0 saturated heterocycles. The molecule has 5 heteroatoms. The summed E-state index contributed by atoms with van der Waals surface area (Å²) in [6.45, 7) is 8.13. The highest BCUT2D eigenvalue weighted by Gasteiger charge is 2.30. The molecule has 1 aromatic rings. The second-order valence-corrected chi connectivity index (χ2v) is 7.11. The van der Waals surface area contributed by atoms with Gasteiger partial charge in [-0.15, -0.1) is 0 Å². The Kier molecular flexibility index (Phi) is 4.52. The molecule has 1 fully saturated rings. The van der Waals surface area contributed by atoms with Crippen molar-refractivity contribution in [3.05, 3.63) is 17.0 Å². The first-order valence-electron chi connectivity index (χ1n) is 8.66. The van der Waals surface area contributed by atoms with E-state index in [0.717, 1.165) is 38.0 Å². The van der Waals surface area contributed by atoms with Crippen LogP contribution in [0.15, 0.2) is 0 Å². The minimum Gasteiger partial charge on any atom is -0.352 e. The van der Waals surface area contributed by atoms with Crippen LogP contribution in [0.2, 0.25) is 0 Å². The number of rotatable bonds is 4. The first kappa shape index (κ1) is 15.5. The molecular weight excluding hydrogens is 276 g/mol. The molecule has 0 bridgehead atoms. The predicted octanol–water partition coefficient (Wildman–Crippen LogP) is 2.34. The predicted molar refractivity (Wildman–Crippen MR) is 86.7 cm³/mol. The second kappa shape index (κ2) is 6.41. The van der Waals surface area contributed by atoms with Gasteiger partial charge in [0, 0.05) is 36.8 Å². The number of nitrogens with one attached hydrogen (secondary N) is 2. The Morgan fingerprint density at radius 2 is 2.05 bits per heavy atom. The third-order valence-corrected chi connectivity index (χ3v) is 5.17. The topological polar surface area (TPSA) is 61.0 Å².